The third-order valence-electron chi connectivity index (χ3n) is 7.54. The molecule has 27 heavy (non-hydrogen) atoms. The zero-order valence-electron chi connectivity index (χ0n) is 16.5. The summed E-state index contributed by atoms with van der Waals surface area (Å²) in [6, 6.07) is 6.87. The molecule has 1 aromatic carbocycles. The van der Waals surface area contributed by atoms with Gasteiger partial charge in [-0.2, -0.15) is 0 Å². The van der Waals surface area contributed by atoms with E-state index in [1.165, 1.54) is 12.1 Å². The summed E-state index contributed by atoms with van der Waals surface area (Å²) in [7, 11) is 1.62. The smallest absolute Gasteiger partial charge is 0.222 e. The van der Waals surface area contributed by atoms with Gasteiger partial charge >= 0.3 is 0 Å². The monoisotopic (exact) mass is 375 g/mol. The van der Waals surface area contributed by atoms with Gasteiger partial charge in [0.15, 0.2) is 0 Å². The lowest BCUT2D eigenvalue weighted by Gasteiger charge is -2.53. The van der Waals surface area contributed by atoms with Crippen molar-refractivity contribution in [1.29, 1.82) is 0 Å². The van der Waals surface area contributed by atoms with Crippen molar-refractivity contribution in [3.05, 3.63) is 35.6 Å². The van der Waals surface area contributed by atoms with Crippen LogP contribution in [0.4, 0.5) is 4.39 Å². The van der Waals surface area contributed by atoms with Crippen molar-refractivity contribution in [1.82, 2.24) is 5.32 Å². The van der Waals surface area contributed by atoms with Gasteiger partial charge in [-0.1, -0.05) is 26.0 Å². The first-order valence-electron chi connectivity index (χ1n) is 10.0. The van der Waals surface area contributed by atoms with E-state index in [9.17, 15) is 9.18 Å². The molecule has 1 saturated heterocycles. The van der Waals surface area contributed by atoms with E-state index in [2.05, 4.69) is 19.2 Å². The molecule has 5 atom stereocenters. The van der Waals surface area contributed by atoms with Crippen molar-refractivity contribution in [3.8, 4) is 0 Å². The number of rotatable bonds is 5. The fourth-order valence-electron chi connectivity index (χ4n) is 6.20. The van der Waals surface area contributed by atoms with Crippen LogP contribution < -0.4 is 5.32 Å². The lowest BCUT2D eigenvalue weighted by atomic mass is 9.59. The Morgan fingerprint density at radius 1 is 1.33 bits per heavy atom. The summed E-state index contributed by atoms with van der Waals surface area (Å²) in [5.74, 6) is 0.782. The number of hydrogen-bond acceptors (Lipinski definition) is 3. The quantitative estimate of drug-likeness (QED) is 0.850. The molecule has 1 aliphatic heterocycles. The van der Waals surface area contributed by atoms with E-state index in [1.54, 1.807) is 7.11 Å². The van der Waals surface area contributed by atoms with Crippen LogP contribution in [0.5, 0.6) is 0 Å². The largest absolute Gasteiger partial charge is 0.384 e. The van der Waals surface area contributed by atoms with Gasteiger partial charge in [0.05, 0.1) is 12.7 Å². The second kappa shape index (κ2) is 6.85. The Bertz CT molecular complexity index is 704. The molecule has 3 fully saturated rings. The van der Waals surface area contributed by atoms with Crippen LogP contribution >= 0.6 is 0 Å². The van der Waals surface area contributed by atoms with Gasteiger partial charge in [0.2, 0.25) is 5.91 Å². The van der Waals surface area contributed by atoms with E-state index >= 15 is 0 Å². The highest BCUT2D eigenvalue weighted by Crippen LogP contribution is 2.70. The molecule has 148 valence electrons. The van der Waals surface area contributed by atoms with Gasteiger partial charge in [-0.05, 0) is 59.6 Å². The third kappa shape index (κ3) is 2.99. The van der Waals surface area contributed by atoms with E-state index in [4.69, 9.17) is 9.47 Å². The summed E-state index contributed by atoms with van der Waals surface area (Å²) in [5.41, 5.74) is 1.19. The molecule has 2 saturated carbocycles. The maximum absolute atomic E-state index is 13.4. The maximum Gasteiger partial charge on any atom is 0.222 e. The molecular weight excluding hydrogens is 345 g/mol. The highest BCUT2D eigenvalue weighted by molar-refractivity contribution is 5.76. The number of ether oxygens (including phenoxy) is 2. The number of carbonyl (C=O) groups excluding carboxylic acids is 1. The minimum absolute atomic E-state index is 0.0150. The maximum atomic E-state index is 13.4. The molecule has 2 aliphatic carbocycles. The Kier molecular flexibility index (Phi) is 4.79. The van der Waals surface area contributed by atoms with E-state index in [0.717, 1.165) is 24.8 Å². The Balaban J connectivity index is 1.62. The molecule has 1 unspecified atom stereocenters. The predicted octanol–water partition coefficient (Wildman–Crippen LogP) is 3.86. The van der Waals surface area contributed by atoms with E-state index < -0.39 is 0 Å². The topological polar surface area (TPSA) is 47.6 Å². The van der Waals surface area contributed by atoms with Gasteiger partial charge < -0.3 is 14.8 Å². The predicted molar refractivity (Wildman–Crippen MR) is 101 cm³/mol. The molecule has 1 amide bonds. The van der Waals surface area contributed by atoms with Gasteiger partial charge in [-0.3, -0.25) is 4.79 Å². The molecular formula is C22H30FNO3. The van der Waals surface area contributed by atoms with Crippen LogP contribution in [0.3, 0.4) is 0 Å². The van der Waals surface area contributed by atoms with Crippen LogP contribution in [-0.2, 0) is 14.3 Å². The first kappa shape index (κ1) is 18.9. The molecule has 5 heteroatoms. The van der Waals surface area contributed by atoms with Crippen molar-refractivity contribution in [2.45, 2.75) is 51.7 Å². The first-order valence-corrected chi connectivity index (χ1v) is 10.0. The van der Waals surface area contributed by atoms with Gasteiger partial charge in [-0.15, -0.1) is 0 Å². The first-order chi connectivity index (χ1) is 12.9. The Morgan fingerprint density at radius 3 is 2.78 bits per heavy atom. The molecule has 1 N–H and O–H groups in total. The summed E-state index contributed by atoms with van der Waals surface area (Å²) in [5, 5.41) is 3.37. The third-order valence-corrected chi connectivity index (χ3v) is 7.54. The molecule has 0 aromatic heterocycles. The minimum Gasteiger partial charge on any atom is -0.384 e. The molecule has 0 radical (unpaired) electrons. The zero-order chi connectivity index (χ0) is 19.2. The standard InChI is InChI=1S/C22H30FNO3/c1-21(2)15-12-17-19(14-4-6-16(23)7-5-14)27-11-9-22(17,13-15)20(21)24-18(25)8-10-26-3/h4-7,15,17,19-20H,8-13H2,1-3H3,(H,24,25)/t15-,17-,19-,20+,22?/m1/s1. The summed E-state index contributed by atoms with van der Waals surface area (Å²) in [6.07, 6.45) is 3.61. The minimum atomic E-state index is -0.221. The van der Waals surface area contributed by atoms with Crippen LogP contribution in [0.25, 0.3) is 0 Å². The summed E-state index contributed by atoms with van der Waals surface area (Å²) in [6.45, 7) is 5.73. The Labute approximate surface area is 160 Å². The number of carbonyl (C=O) groups is 1. The number of benzene rings is 1. The van der Waals surface area contributed by atoms with Crippen LogP contribution in [0.15, 0.2) is 24.3 Å². The lowest BCUT2D eigenvalue weighted by molar-refractivity contribution is -0.137. The van der Waals surface area contributed by atoms with Crippen LogP contribution in [0.2, 0.25) is 0 Å². The lowest BCUT2D eigenvalue weighted by Crippen LogP contribution is -2.59. The number of methoxy groups -OCH3 is 1. The van der Waals surface area contributed by atoms with Gasteiger partial charge in [0.1, 0.15) is 5.82 Å². The SMILES string of the molecule is COCCC(=O)N[C@H]1C(C)(C)[C@@H]2C[C@@H]3[C@@H](c4ccc(F)cc4)OCCC31C2. The molecule has 1 spiro atoms. The van der Waals surface area contributed by atoms with Gasteiger partial charge in [0.25, 0.3) is 0 Å². The number of amides is 1. The van der Waals surface area contributed by atoms with Crippen molar-refractivity contribution >= 4 is 5.91 Å². The number of fused-ring (bicyclic) bond motifs is 1. The van der Waals surface area contributed by atoms with Gasteiger partial charge in [-0.25, -0.2) is 4.39 Å². The van der Waals surface area contributed by atoms with Crippen LogP contribution in [0, 0.1) is 28.5 Å². The zero-order valence-corrected chi connectivity index (χ0v) is 16.5. The second-order valence-corrected chi connectivity index (χ2v) is 9.13. The second-order valence-electron chi connectivity index (χ2n) is 9.13. The summed E-state index contributed by atoms with van der Waals surface area (Å²) < 4.78 is 24.6. The number of nitrogens with one attached hydrogen (secondary N) is 1. The van der Waals surface area contributed by atoms with Gasteiger partial charge in [0, 0.05) is 26.2 Å². The van der Waals surface area contributed by atoms with E-state index in [1.807, 2.05) is 12.1 Å². The average Bonchev–Trinajstić information content (AvgIpc) is 3.13. The van der Waals surface area contributed by atoms with Crippen molar-refractivity contribution in [2.75, 3.05) is 20.3 Å². The van der Waals surface area contributed by atoms with Crippen LogP contribution in [-0.4, -0.2) is 32.3 Å². The molecule has 4 nitrogen and oxygen atoms in total. The Morgan fingerprint density at radius 2 is 2.07 bits per heavy atom. The molecule has 4 rings (SSSR count). The normalized spacial score (nSPS) is 36.4. The number of hydrogen-bond donors (Lipinski definition) is 1. The number of halogens is 1. The fourth-order valence-corrected chi connectivity index (χ4v) is 6.20. The fraction of sp³-hybridized carbons (Fsp3) is 0.682. The molecule has 2 bridgehead atoms. The van der Waals surface area contributed by atoms with Crippen molar-refractivity contribution < 1.29 is 18.7 Å². The molecule has 3 aliphatic rings. The van der Waals surface area contributed by atoms with E-state index in [-0.39, 0.29) is 34.7 Å². The van der Waals surface area contributed by atoms with Crippen molar-refractivity contribution in [2.24, 2.45) is 22.7 Å². The average molecular weight is 375 g/mol. The molecule has 1 heterocycles. The van der Waals surface area contributed by atoms with Crippen molar-refractivity contribution in [3.63, 3.8) is 0 Å². The molecule has 1 aromatic rings. The Hall–Kier alpha value is -1.46. The summed E-state index contributed by atoms with van der Waals surface area (Å²) in [4.78, 5) is 12.5. The highest BCUT2D eigenvalue weighted by atomic mass is 19.1. The highest BCUT2D eigenvalue weighted by Gasteiger charge is 2.68. The van der Waals surface area contributed by atoms with Crippen LogP contribution in [0.1, 0.15) is 51.2 Å². The van der Waals surface area contributed by atoms with E-state index in [0.29, 0.717) is 31.5 Å². The summed E-state index contributed by atoms with van der Waals surface area (Å²) >= 11 is 0.